The predicted molar refractivity (Wildman–Crippen MR) is 71.3 cm³/mol. The van der Waals surface area contributed by atoms with Crippen molar-refractivity contribution >= 4 is 6.09 Å². The number of carbonyl (C=O) groups is 1. The minimum atomic E-state index is -0.340. The topological polar surface area (TPSA) is 58.6 Å². The first-order valence-corrected chi connectivity index (χ1v) is 7.10. The van der Waals surface area contributed by atoms with E-state index in [1.54, 1.807) is 0 Å². The average Bonchev–Trinajstić information content (AvgIpc) is 2.29. The number of carbonyl (C=O) groups excluding carboxylic acids is 1. The van der Waals surface area contributed by atoms with E-state index < -0.39 is 0 Å². The molecule has 4 nitrogen and oxygen atoms in total. The zero-order valence-electron chi connectivity index (χ0n) is 11.8. The Labute approximate surface area is 110 Å². The summed E-state index contributed by atoms with van der Waals surface area (Å²) in [6, 6.07) is 0. The van der Waals surface area contributed by atoms with Gasteiger partial charge in [-0.3, -0.25) is 0 Å². The van der Waals surface area contributed by atoms with E-state index >= 15 is 0 Å². The molecule has 2 N–H and O–H groups in total. The third-order valence-corrected chi connectivity index (χ3v) is 3.82. The summed E-state index contributed by atoms with van der Waals surface area (Å²) in [4.78, 5) is 11.6. The highest BCUT2D eigenvalue weighted by Crippen LogP contribution is 2.35. The van der Waals surface area contributed by atoms with Crippen LogP contribution < -0.4 is 5.32 Å². The van der Waals surface area contributed by atoms with Gasteiger partial charge in [0.2, 0.25) is 0 Å². The highest BCUT2D eigenvalue weighted by Gasteiger charge is 2.33. The molecule has 3 atom stereocenters. The smallest absolute Gasteiger partial charge is 0.407 e. The van der Waals surface area contributed by atoms with Gasteiger partial charge in [0.05, 0.1) is 0 Å². The largest absolute Gasteiger partial charge is 0.446 e. The molecule has 0 spiro atoms. The zero-order valence-corrected chi connectivity index (χ0v) is 11.8. The number of hydrogen-bond acceptors (Lipinski definition) is 3. The molecule has 0 aromatic heterocycles. The lowest BCUT2D eigenvalue weighted by atomic mass is 9.75. The van der Waals surface area contributed by atoms with Gasteiger partial charge in [-0.1, -0.05) is 27.2 Å². The van der Waals surface area contributed by atoms with Crippen molar-refractivity contribution in [3.8, 4) is 0 Å². The number of alkyl carbamates (subject to hydrolysis) is 1. The van der Waals surface area contributed by atoms with Crippen LogP contribution in [0.4, 0.5) is 4.79 Å². The van der Waals surface area contributed by atoms with Crippen LogP contribution in [0.25, 0.3) is 0 Å². The predicted octanol–water partition coefficient (Wildman–Crippen LogP) is 2.56. The number of amides is 1. The summed E-state index contributed by atoms with van der Waals surface area (Å²) in [5.74, 6) is 1.66. The first-order valence-electron chi connectivity index (χ1n) is 7.10. The highest BCUT2D eigenvalue weighted by atomic mass is 16.6. The second-order valence-electron chi connectivity index (χ2n) is 5.77. The molecule has 106 valence electrons. The molecule has 1 saturated carbocycles. The van der Waals surface area contributed by atoms with Crippen LogP contribution in [0, 0.1) is 17.8 Å². The van der Waals surface area contributed by atoms with Gasteiger partial charge in [0.1, 0.15) is 6.10 Å². The molecule has 0 unspecified atom stereocenters. The van der Waals surface area contributed by atoms with Gasteiger partial charge in [0, 0.05) is 13.2 Å². The molecular weight excluding hydrogens is 230 g/mol. The second kappa shape index (κ2) is 7.62. The molecule has 0 aromatic rings. The SMILES string of the molecule is CC(C)[C@@H]1CC[C@@H](C)C[C@@H]1OC(=O)NCCCO. The number of hydrogen-bond donors (Lipinski definition) is 2. The Morgan fingerprint density at radius 1 is 1.44 bits per heavy atom. The molecule has 1 rings (SSSR count). The maximum absolute atomic E-state index is 11.6. The summed E-state index contributed by atoms with van der Waals surface area (Å²) in [6.45, 7) is 7.18. The first kappa shape index (κ1) is 15.3. The molecule has 4 heteroatoms. The zero-order chi connectivity index (χ0) is 13.5. The fourth-order valence-corrected chi connectivity index (χ4v) is 2.70. The van der Waals surface area contributed by atoms with Gasteiger partial charge in [0.15, 0.2) is 0 Å². The normalized spacial score (nSPS) is 28.2. The Bertz CT molecular complexity index is 255. The van der Waals surface area contributed by atoms with E-state index in [1.165, 1.54) is 6.42 Å². The molecule has 0 saturated heterocycles. The van der Waals surface area contributed by atoms with Gasteiger partial charge in [-0.2, -0.15) is 0 Å². The number of aliphatic hydroxyl groups excluding tert-OH is 1. The Morgan fingerprint density at radius 2 is 2.17 bits per heavy atom. The number of rotatable bonds is 5. The Kier molecular flexibility index (Phi) is 6.47. The van der Waals surface area contributed by atoms with Gasteiger partial charge in [0.25, 0.3) is 0 Å². The summed E-state index contributed by atoms with van der Waals surface area (Å²) in [6.07, 6.45) is 3.62. The van der Waals surface area contributed by atoms with Crippen LogP contribution in [0.2, 0.25) is 0 Å². The van der Waals surface area contributed by atoms with Crippen molar-refractivity contribution in [3.05, 3.63) is 0 Å². The minimum Gasteiger partial charge on any atom is -0.446 e. The van der Waals surface area contributed by atoms with Crippen molar-refractivity contribution < 1.29 is 14.6 Å². The Morgan fingerprint density at radius 3 is 2.78 bits per heavy atom. The van der Waals surface area contributed by atoms with Gasteiger partial charge in [-0.25, -0.2) is 4.79 Å². The van der Waals surface area contributed by atoms with E-state index in [2.05, 4.69) is 26.1 Å². The molecule has 1 aliphatic rings. The van der Waals surface area contributed by atoms with Crippen LogP contribution in [0.1, 0.15) is 46.5 Å². The standard InChI is InChI=1S/C14H27NO3/c1-10(2)12-6-5-11(3)9-13(12)18-14(17)15-7-4-8-16/h10-13,16H,4-9H2,1-3H3,(H,15,17)/t11-,12+,13+/m1/s1. The quantitative estimate of drug-likeness (QED) is 0.744. The molecule has 0 radical (unpaired) electrons. The fraction of sp³-hybridized carbons (Fsp3) is 0.929. The molecule has 1 amide bonds. The number of nitrogens with one attached hydrogen (secondary N) is 1. The molecule has 0 aromatic carbocycles. The monoisotopic (exact) mass is 257 g/mol. The molecule has 0 aliphatic heterocycles. The van der Waals surface area contributed by atoms with Crippen LogP contribution in [0.3, 0.4) is 0 Å². The van der Waals surface area contributed by atoms with Crippen molar-refractivity contribution in [2.75, 3.05) is 13.2 Å². The maximum Gasteiger partial charge on any atom is 0.407 e. The maximum atomic E-state index is 11.6. The third-order valence-electron chi connectivity index (χ3n) is 3.82. The number of aliphatic hydroxyl groups is 1. The van der Waals surface area contributed by atoms with E-state index in [1.807, 2.05) is 0 Å². The summed E-state index contributed by atoms with van der Waals surface area (Å²) in [5, 5.41) is 11.3. The van der Waals surface area contributed by atoms with Crippen molar-refractivity contribution in [2.45, 2.75) is 52.6 Å². The van der Waals surface area contributed by atoms with Crippen LogP contribution >= 0.6 is 0 Å². The summed E-state index contributed by atoms with van der Waals surface area (Å²) >= 11 is 0. The van der Waals surface area contributed by atoms with E-state index in [-0.39, 0.29) is 18.8 Å². The van der Waals surface area contributed by atoms with Crippen LogP contribution in [-0.4, -0.2) is 30.5 Å². The third kappa shape index (κ3) is 4.84. The Balaban J connectivity index is 2.42. The van der Waals surface area contributed by atoms with Gasteiger partial charge in [-0.15, -0.1) is 0 Å². The molecule has 0 bridgehead atoms. The Hall–Kier alpha value is -0.770. The van der Waals surface area contributed by atoms with Gasteiger partial charge in [-0.05, 0) is 37.0 Å². The van der Waals surface area contributed by atoms with E-state index in [0.717, 1.165) is 12.8 Å². The van der Waals surface area contributed by atoms with Crippen molar-refractivity contribution in [2.24, 2.45) is 17.8 Å². The summed E-state index contributed by atoms with van der Waals surface area (Å²) in [5.41, 5.74) is 0. The van der Waals surface area contributed by atoms with Gasteiger partial charge < -0.3 is 15.2 Å². The van der Waals surface area contributed by atoms with Crippen molar-refractivity contribution in [1.29, 1.82) is 0 Å². The molecule has 18 heavy (non-hydrogen) atoms. The van der Waals surface area contributed by atoms with Crippen molar-refractivity contribution in [1.82, 2.24) is 5.32 Å². The number of ether oxygens (including phenoxy) is 1. The lowest BCUT2D eigenvalue weighted by Crippen LogP contribution is -2.39. The van der Waals surface area contributed by atoms with E-state index in [0.29, 0.717) is 30.7 Å². The highest BCUT2D eigenvalue weighted by molar-refractivity contribution is 5.67. The van der Waals surface area contributed by atoms with Crippen LogP contribution in [-0.2, 0) is 4.74 Å². The minimum absolute atomic E-state index is 0.0443. The fourth-order valence-electron chi connectivity index (χ4n) is 2.70. The van der Waals surface area contributed by atoms with Gasteiger partial charge >= 0.3 is 6.09 Å². The lowest BCUT2D eigenvalue weighted by molar-refractivity contribution is 0.00615. The molecular formula is C14H27NO3. The summed E-state index contributed by atoms with van der Waals surface area (Å²) in [7, 11) is 0. The van der Waals surface area contributed by atoms with Crippen LogP contribution in [0.5, 0.6) is 0 Å². The first-order chi connectivity index (χ1) is 8.54. The molecule has 0 heterocycles. The van der Waals surface area contributed by atoms with E-state index in [4.69, 9.17) is 9.84 Å². The molecule has 1 aliphatic carbocycles. The van der Waals surface area contributed by atoms with Crippen molar-refractivity contribution in [3.63, 3.8) is 0 Å². The van der Waals surface area contributed by atoms with Crippen LogP contribution in [0.15, 0.2) is 0 Å². The average molecular weight is 257 g/mol. The summed E-state index contributed by atoms with van der Waals surface area (Å²) < 4.78 is 5.55. The van der Waals surface area contributed by atoms with E-state index in [9.17, 15) is 4.79 Å². The molecule has 1 fully saturated rings. The second-order valence-corrected chi connectivity index (χ2v) is 5.77. The lowest BCUT2D eigenvalue weighted by Gasteiger charge is -2.36.